The lowest BCUT2D eigenvalue weighted by Gasteiger charge is -2.32. The molecule has 3 aromatic carbocycles. The quantitative estimate of drug-likeness (QED) is 0.279. The number of nitrogens with zero attached hydrogens (tertiary/aromatic N) is 1. The first kappa shape index (κ1) is 26.9. The number of ketones is 1. The van der Waals surface area contributed by atoms with E-state index in [-0.39, 0.29) is 11.9 Å². The molecule has 1 saturated heterocycles. The van der Waals surface area contributed by atoms with E-state index in [9.17, 15) is 4.79 Å². The molecule has 1 atom stereocenters. The molecule has 0 radical (unpaired) electrons. The van der Waals surface area contributed by atoms with E-state index in [1.807, 2.05) is 49.5 Å². The van der Waals surface area contributed by atoms with Crippen LogP contribution in [0.5, 0.6) is 11.5 Å². The number of carbonyl (C=O) groups is 1. The molecule has 1 heterocycles. The van der Waals surface area contributed by atoms with Gasteiger partial charge < -0.3 is 14.8 Å². The average Bonchev–Trinajstić information content (AvgIpc) is 2.95. The van der Waals surface area contributed by atoms with Gasteiger partial charge in [-0.25, -0.2) is 0 Å². The Morgan fingerprint density at radius 3 is 2.41 bits per heavy atom. The summed E-state index contributed by atoms with van der Waals surface area (Å²) in [5.41, 5.74) is 3.19. The van der Waals surface area contributed by atoms with Crippen LogP contribution in [-0.4, -0.2) is 44.5 Å². The van der Waals surface area contributed by atoms with Gasteiger partial charge in [-0.2, -0.15) is 0 Å². The Morgan fingerprint density at radius 1 is 0.973 bits per heavy atom. The summed E-state index contributed by atoms with van der Waals surface area (Å²) >= 11 is 0. The third-order valence-electron chi connectivity index (χ3n) is 7.31. The molecule has 0 bridgehead atoms. The van der Waals surface area contributed by atoms with Crippen molar-refractivity contribution in [3.05, 3.63) is 95.6 Å². The van der Waals surface area contributed by atoms with E-state index >= 15 is 0 Å². The highest BCUT2D eigenvalue weighted by atomic mass is 16.5. The molecule has 5 nitrogen and oxygen atoms in total. The molecule has 1 unspecified atom stereocenters. The number of nitrogens with one attached hydrogen (secondary N) is 1. The number of benzene rings is 3. The predicted octanol–water partition coefficient (Wildman–Crippen LogP) is 6.30. The molecule has 37 heavy (non-hydrogen) atoms. The van der Waals surface area contributed by atoms with E-state index in [1.54, 1.807) is 7.11 Å². The number of likely N-dealkylation sites (tertiary alicyclic amines) is 1. The lowest BCUT2D eigenvalue weighted by atomic mass is 9.90. The van der Waals surface area contributed by atoms with Crippen LogP contribution in [0.3, 0.4) is 0 Å². The summed E-state index contributed by atoms with van der Waals surface area (Å²) < 4.78 is 11.6. The van der Waals surface area contributed by atoms with Crippen molar-refractivity contribution in [2.75, 3.05) is 33.8 Å². The number of carbonyl (C=O) groups excluding carboxylic acids is 1. The summed E-state index contributed by atoms with van der Waals surface area (Å²) in [6.45, 7) is 4.06. The largest absolute Gasteiger partial charge is 0.497 e. The van der Waals surface area contributed by atoms with E-state index in [0.29, 0.717) is 12.3 Å². The Balaban J connectivity index is 1.30. The van der Waals surface area contributed by atoms with Gasteiger partial charge >= 0.3 is 0 Å². The number of Topliss-reactive ketones (excluding diaryl/α,β-unsaturated/α-hetero) is 1. The van der Waals surface area contributed by atoms with E-state index in [1.165, 1.54) is 18.4 Å². The fourth-order valence-corrected chi connectivity index (χ4v) is 5.05. The van der Waals surface area contributed by atoms with Gasteiger partial charge in [-0.05, 0) is 93.3 Å². The van der Waals surface area contributed by atoms with Crippen molar-refractivity contribution in [2.45, 2.75) is 44.8 Å². The molecule has 0 amide bonds. The average molecular weight is 501 g/mol. The van der Waals surface area contributed by atoms with Gasteiger partial charge in [0.2, 0.25) is 0 Å². The highest BCUT2D eigenvalue weighted by molar-refractivity contribution is 5.96. The molecule has 1 aliphatic heterocycles. The SMILES string of the molecule is CNCCC(Oc1ccc(OC)cc1)c1cccc(C(=O)CCC2CCN(Cc3ccccc3)CC2)c1. The molecule has 1 fully saturated rings. The van der Waals surface area contributed by atoms with Gasteiger partial charge in [-0.1, -0.05) is 48.5 Å². The second kappa shape index (κ2) is 14.0. The molecular weight excluding hydrogens is 460 g/mol. The van der Waals surface area contributed by atoms with Gasteiger partial charge in [0.05, 0.1) is 7.11 Å². The minimum absolute atomic E-state index is 0.137. The number of hydrogen-bond acceptors (Lipinski definition) is 5. The van der Waals surface area contributed by atoms with Gasteiger partial charge in [0, 0.05) is 24.9 Å². The first-order chi connectivity index (χ1) is 18.1. The zero-order chi connectivity index (χ0) is 25.9. The smallest absolute Gasteiger partial charge is 0.162 e. The summed E-state index contributed by atoms with van der Waals surface area (Å²) in [6.07, 6.45) is 4.58. The van der Waals surface area contributed by atoms with Crippen LogP contribution in [0, 0.1) is 5.92 Å². The Bertz CT molecular complexity index is 1090. The van der Waals surface area contributed by atoms with Crippen molar-refractivity contribution in [2.24, 2.45) is 5.92 Å². The molecule has 4 rings (SSSR count). The Hall–Kier alpha value is -3.15. The lowest BCUT2D eigenvalue weighted by molar-refractivity contribution is 0.0961. The Labute approximate surface area is 221 Å². The minimum atomic E-state index is -0.137. The number of methoxy groups -OCH3 is 1. The first-order valence-electron chi connectivity index (χ1n) is 13.5. The first-order valence-corrected chi connectivity index (χ1v) is 13.5. The summed E-state index contributed by atoms with van der Waals surface area (Å²) in [5, 5.41) is 3.21. The molecule has 0 spiro atoms. The zero-order valence-corrected chi connectivity index (χ0v) is 22.2. The summed E-state index contributed by atoms with van der Waals surface area (Å²) in [4.78, 5) is 15.7. The van der Waals surface area contributed by atoms with Crippen LogP contribution in [-0.2, 0) is 6.54 Å². The van der Waals surface area contributed by atoms with Crippen LogP contribution in [0.1, 0.15) is 59.7 Å². The standard InChI is InChI=1S/C32H40N2O3/c1-33-20-17-32(37-30-14-12-29(36-2)13-15-30)28-10-6-9-27(23-28)31(35)16-11-25-18-21-34(22-19-25)24-26-7-4-3-5-8-26/h3-10,12-15,23,25,32-33H,11,16-22,24H2,1-2H3. The topological polar surface area (TPSA) is 50.8 Å². The van der Waals surface area contributed by atoms with Crippen molar-refractivity contribution in [3.8, 4) is 11.5 Å². The molecule has 0 saturated carbocycles. The highest BCUT2D eigenvalue weighted by Gasteiger charge is 2.21. The maximum Gasteiger partial charge on any atom is 0.162 e. The van der Waals surface area contributed by atoms with E-state index in [2.05, 4.69) is 46.6 Å². The molecule has 1 aliphatic rings. The maximum absolute atomic E-state index is 13.1. The number of rotatable bonds is 13. The molecule has 196 valence electrons. The predicted molar refractivity (Wildman–Crippen MR) is 149 cm³/mol. The molecular formula is C32H40N2O3. The number of ether oxygens (including phenoxy) is 2. The van der Waals surface area contributed by atoms with Crippen LogP contribution >= 0.6 is 0 Å². The van der Waals surface area contributed by atoms with Gasteiger partial charge in [-0.3, -0.25) is 9.69 Å². The van der Waals surface area contributed by atoms with Crippen molar-refractivity contribution in [1.29, 1.82) is 0 Å². The second-order valence-electron chi connectivity index (χ2n) is 9.97. The Morgan fingerprint density at radius 2 is 1.70 bits per heavy atom. The molecule has 1 N–H and O–H groups in total. The highest BCUT2D eigenvalue weighted by Crippen LogP contribution is 2.28. The van der Waals surface area contributed by atoms with Crippen molar-refractivity contribution >= 4 is 5.78 Å². The van der Waals surface area contributed by atoms with Crippen LogP contribution < -0.4 is 14.8 Å². The molecule has 3 aromatic rings. The van der Waals surface area contributed by atoms with Crippen LogP contribution in [0.15, 0.2) is 78.9 Å². The monoisotopic (exact) mass is 500 g/mol. The van der Waals surface area contributed by atoms with Crippen LogP contribution in [0.25, 0.3) is 0 Å². The third kappa shape index (κ3) is 8.17. The van der Waals surface area contributed by atoms with Gasteiger partial charge in [-0.15, -0.1) is 0 Å². The maximum atomic E-state index is 13.1. The van der Waals surface area contributed by atoms with E-state index in [0.717, 1.165) is 61.6 Å². The summed E-state index contributed by atoms with van der Waals surface area (Å²) in [5.74, 6) is 2.44. The van der Waals surface area contributed by atoms with Crippen LogP contribution in [0.4, 0.5) is 0 Å². The van der Waals surface area contributed by atoms with Crippen molar-refractivity contribution in [1.82, 2.24) is 10.2 Å². The summed E-state index contributed by atoms with van der Waals surface area (Å²) in [7, 11) is 3.60. The fourth-order valence-electron chi connectivity index (χ4n) is 5.05. The summed E-state index contributed by atoms with van der Waals surface area (Å²) in [6, 6.07) is 26.3. The van der Waals surface area contributed by atoms with E-state index in [4.69, 9.17) is 9.47 Å². The number of piperidine rings is 1. The van der Waals surface area contributed by atoms with Gasteiger partial charge in [0.25, 0.3) is 0 Å². The normalized spacial score (nSPS) is 15.3. The lowest BCUT2D eigenvalue weighted by Crippen LogP contribution is -2.33. The van der Waals surface area contributed by atoms with Crippen molar-refractivity contribution in [3.63, 3.8) is 0 Å². The van der Waals surface area contributed by atoms with Gasteiger partial charge in [0.15, 0.2) is 5.78 Å². The van der Waals surface area contributed by atoms with E-state index < -0.39 is 0 Å². The van der Waals surface area contributed by atoms with Crippen molar-refractivity contribution < 1.29 is 14.3 Å². The fraction of sp³-hybridized carbons (Fsp3) is 0.406. The molecule has 0 aromatic heterocycles. The minimum Gasteiger partial charge on any atom is -0.497 e. The van der Waals surface area contributed by atoms with Gasteiger partial charge in [0.1, 0.15) is 17.6 Å². The Kier molecular flexibility index (Phi) is 10.2. The zero-order valence-electron chi connectivity index (χ0n) is 22.2. The molecule has 0 aliphatic carbocycles. The van der Waals surface area contributed by atoms with Crippen LogP contribution in [0.2, 0.25) is 0 Å². The molecule has 5 heteroatoms. The third-order valence-corrected chi connectivity index (χ3v) is 7.31. The number of hydrogen-bond donors (Lipinski definition) is 1. The second-order valence-corrected chi connectivity index (χ2v) is 9.97.